The van der Waals surface area contributed by atoms with Gasteiger partial charge in [0.05, 0.1) is 28.2 Å². The van der Waals surface area contributed by atoms with E-state index in [-0.39, 0.29) is 12.2 Å². The molecule has 3 aromatic rings. The maximum absolute atomic E-state index is 12.0. The highest BCUT2D eigenvalue weighted by Crippen LogP contribution is 2.28. The number of halogens is 2. The van der Waals surface area contributed by atoms with Crippen molar-refractivity contribution < 1.29 is 4.79 Å². The number of pyridine rings is 1. The van der Waals surface area contributed by atoms with Crippen LogP contribution in [0.1, 0.15) is 19.0 Å². The zero-order chi connectivity index (χ0) is 18.5. The molecular formula is C19H16Cl2N4O. The molecule has 132 valence electrons. The number of aromatic nitrogens is 3. The molecule has 0 aliphatic carbocycles. The van der Waals surface area contributed by atoms with Gasteiger partial charge in [-0.05, 0) is 36.8 Å². The summed E-state index contributed by atoms with van der Waals surface area (Å²) < 4.78 is 0. The summed E-state index contributed by atoms with van der Waals surface area (Å²) in [4.78, 5) is 24.8. The van der Waals surface area contributed by atoms with Gasteiger partial charge in [-0.25, -0.2) is 9.97 Å². The van der Waals surface area contributed by atoms with Crippen molar-refractivity contribution in [3.63, 3.8) is 0 Å². The van der Waals surface area contributed by atoms with Crippen LogP contribution in [0.4, 0.5) is 11.5 Å². The monoisotopic (exact) mass is 386 g/mol. The molecule has 0 aliphatic rings. The Morgan fingerprint density at radius 2 is 2.00 bits per heavy atom. The molecule has 0 unspecified atom stereocenters. The molecule has 3 rings (SSSR count). The van der Waals surface area contributed by atoms with E-state index in [1.165, 1.54) is 6.33 Å². The number of anilines is 2. The molecule has 0 amide bonds. The van der Waals surface area contributed by atoms with Gasteiger partial charge in [-0.3, -0.25) is 9.78 Å². The fourth-order valence-corrected chi connectivity index (χ4v) is 2.69. The molecule has 0 radical (unpaired) electrons. The van der Waals surface area contributed by atoms with Gasteiger partial charge < -0.3 is 5.32 Å². The molecule has 7 heteroatoms. The second kappa shape index (κ2) is 8.25. The highest BCUT2D eigenvalue weighted by atomic mass is 35.5. The summed E-state index contributed by atoms with van der Waals surface area (Å²) in [7, 11) is 0. The lowest BCUT2D eigenvalue weighted by Gasteiger charge is -2.10. The Labute approximate surface area is 161 Å². The van der Waals surface area contributed by atoms with E-state index in [4.69, 9.17) is 23.2 Å². The van der Waals surface area contributed by atoms with E-state index in [9.17, 15) is 4.79 Å². The molecule has 0 fully saturated rings. The van der Waals surface area contributed by atoms with Crippen molar-refractivity contribution in [2.24, 2.45) is 0 Å². The van der Waals surface area contributed by atoms with Gasteiger partial charge in [0.25, 0.3) is 0 Å². The number of benzene rings is 1. The first-order valence-corrected chi connectivity index (χ1v) is 8.83. The van der Waals surface area contributed by atoms with E-state index in [1.54, 1.807) is 24.4 Å². The Morgan fingerprint density at radius 1 is 1.15 bits per heavy atom. The number of rotatable bonds is 6. The van der Waals surface area contributed by atoms with Gasteiger partial charge in [0.15, 0.2) is 5.78 Å². The number of nitrogens with one attached hydrogen (secondary N) is 1. The summed E-state index contributed by atoms with van der Waals surface area (Å²) in [5.41, 5.74) is 2.10. The third kappa shape index (κ3) is 4.36. The van der Waals surface area contributed by atoms with Crippen molar-refractivity contribution in [2.75, 3.05) is 5.32 Å². The van der Waals surface area contributed by atoms with Gasteiger partial charge in [-0.1, -0.05) is 36.2 Å². The van der Waals surface area contributed by atoms with Gasteiger partial charge in [0, 0.05) is 16.8 Å². The van der Waals surface area contributed by atoms with Gasteiger partial charge in [-0.2, -0.15) is 0 Å². The molecule has 26 heavy (non-hydrogen) atoms. The number of allylic oxidation sites excluding steroid dienone is 2. The molecule has 2 heterocycles. The number of hydrogen-bond donors (Lipinski definition) is 1. The molecular weight excluding hydrogens is 371 g/mol. The minimum atomic E-state index is 0.00883. The Morgan fingerprint density at radius 3 is 2.77 bits per heavy atom. The average molecular weight is 387 g/mol. The Hall–Kier alpha value is -2.50. The van der Waals surface area contributed by atoms with Gasteiger partial charge in [0.2, 0.25) is 0 Å². The zero-order valence-corrected chi connectivity index (χ0v) is 15.6. The summed E-state index contributed by atoms with van der Waals surface area (Å²) >= 11 is 12.0. The van der Waals surface area contributed by atoms with Gasteiger partial charge >= 0.3 is 0 Å². The number of carbonyl (C=O) groups is 1. The fourth-order valence-electron chi connectivity index (χ4n) is 2.40. The van der Waals surface area contributed by atoms with Crippen molar-refractivity contribution in [2.45, 2.75) is 19.8 Å². The van der Waals surface area contributed by atoms with E-state index in [2.05, 4.69) is 20.3 Å². The summed E-state index contributed by atoms with van der Waals surface area (Å²) in [6.45, 7) is 1.98. The van der Waals surface area contributed by atoms with Crippen molar-refractivity contribution in [1.29, 1.82) is 0 Å². The molecule has 0 atom stereocenters. The lowest BCUT2D eigenvalue weighted by Crippen LogP contribution is -2.02. The number of fused-ring (bicyclic) bond motifs is 1. The summed E-state index contributed by atoms with van der Waals surface area (Å²) in [6.07, 6.45) is 7.57. The van der Waals surface area contributed by atoms with Crippen LogP contribution in [0.2, 0.25) is 10.0 Å². The molecule has 2 aromatic heterocycles. The molecule has 1 aromatic carbocycles. The van der Waals surface area contributed by atoms with Crippen LogP contribution in [0, 0.1) is 0 Å². The third-order valence-electron chi connectivity index (χ3n) is 3.66. The Bertz CT molecular complexity index is 988. The number of ketones is 1. The number of hydrogen-bond acceptors (Lipinski definition) is 5. The lowest BCUT2D eigenvalue weighted by atomic mass is 10.1. The molecule has 0 bridgehead atoms. The maximum atomic E-state index is 12.0. The second-order valence-electron chi connectivity index (χ2n) is 5.62. The van der Waals surface area contributed by atoms with Crippen LogP contribution in [0.15, 0.2) is 48.9 Å². The van der Waals surface area contributed by atoms with Crippen LogP contribution < -0.4 is 5.32 Å². The van der Waals surface area contributed by atoms with E-state index < -0.39 is 0 Å². The first-order chi connectivity index (χ1) is 12.6. The number of nitrogens with zero attached hydrogens (tertiary/aromatic N) is 3. The zero-order valence-electron chi connectivity index (χ0n) is 14.0. The quantitative estimate of drug-likeness (QED) is 0.593. The normalized spacial score (nSPS) is 11.2. The fraction of sp³-hybridized carbons (Fsp3) is 0.158. The highest BCUT2D eigenvalue weighted by Gasteiger charge is 2.09. The summed E-state index contributed by atoms with van der Waals surface area (Å²) in [6, 6.07) is 7.07. The van der Waals surface area contributed by atoms with Crippen LogP contribution in [-0.2, 0) is 11.2 Å². The van der Waals surface area contributed by atoms with Crippen molar-refractivity contribution in [3.05, 3.63) is 64.7 Å². The topological polar surface area (TPSA) is 67.8 Å². The predicted molar refractivity (Wildman–Crippen MR) is 105 cm³/mol. The smallest absolute Gasteiger partial charge is 0.161 e. The van der Waals surface area contributed by atoms with E-state index >= 15 is 0 Å². The lowest BCUT2D eigenvalue weighted by molar-refractivity contribution is -0.114. The molecule has 1 N–H and O–H groups in total. The van der Waals surface area contributed by atoms with Crippen LogP contribution in [0.25, 0.3) is 10.9 Å². The standard InChI is InChI=1S/C19H16Cl2N4O/c1-2-3-4-14(26)7-13-8-15-18(10-22-13)23-11-24-19(15)25-12-5-6-16(20)17(21)9-12/h3-6,8-11H,2,7H2,1H3,(H,23,24,25)/b4-3+. The van der Waals surface area contributed by atoms with E-state index in [1.807, 2.05) is 25.1 Å². The molecule has 0 saturated carbocycles. The minimum Gasteiger partial charge on any atom is -0.340 e. The average Bonchev–Trinajstić information content (AvgIpc) is 2.63. The molecule has 0 aliphatic heterocycles. The van der Waals surface area contributed by atoms with E-state index in [0.29, 0.717) is 27.1 Å². The van der Waals surface area contributed by atoms with Crippen LogP contribution in [0.5, 0.6) is 0 Å². The van der Waals surface area contributed by atoms with Crippen molar-refractivity contribution >= 4 is 51.4 Å². The first-order valence-electron chi connectivity index (χ1n) is 8.08. The molecule has 5 nitrogen and oxygen atoms in total. The third-order valence-corrected chi connectivity index (χ3v) is 4.39. The van der Waals surface area contributed by atoms with Crippen LogP contribution >= 0.6 is 23.2 Å². The second-order valence-corrected chi connectivity index (χ2v) is 6.44. The summed E-state index contributed by atoms with van der Waals surface area (Å²) in [5, 5.41) is 4.91. The van der Waals surface area contributed by atoms with Crippen molar-refractivity contribution in [3.8, 4) is 0 Å². The Kier molecular flexibility index (Phi) is 5.81. The highest BCUT2D eigenvalue weighted by molar-refractivity contribution is 6.42. The number of carbonyl (C=O) groups excluding carboxylic acids is 1. The first kappa shape index (κ1) is 18.3. The SMILES string of the molecule is CC/C=C/C(=O)Cc1cc2c(Nc3ccc(Cl)c(Cl)c3)ncnc2cn1. The molecule has 0 spiro atoms. The summed E-state index contributed by atoms with van der Waals surface area (Å²) in [5.74, 6) is 0.614. The van der Waals surface area contributed by atoms with Gasteiger partial charge in [0.1, 0.15) is 12.1 Å². The maximum Gasteiger partial charge on any atom is 0.161 e. The van der Waals surface area contributed by atoms with Gasteiger partial charge in [-0.15, -0.1) is 0 Å². The van der Waals surface area contributed by atoms with Crippen molar-refractivity contribution in [1.82, 2.24) is 15.0 Å². The van der Waals surface area contributed by atoms with Crippen LogP contribution in [0.3, 0.4) is 0 Å². The van der Waals surface area contributed by atoms with E-state index in [0.717, 1.165) is 17.5 Å². The minimum absolute atomic E-state index is 0.00883. The largest absolute Gasteiger partial charge is 0.340 e. The van der Waals surface area contributed by atoms with Crippen LogP contribution in [-0.4, -0.2) is 20.7 Å². The molecule has 0 saturated heterocycles. The predicted octanol–water partition coefficient (Wildman–Crippen LogP) is 5.15. The Balaban J connectivity index is 1.92.